The summed E-state index contributed by atoms with van der Waals surface area (Å²) in [7, 11) is -2.53. The van der Waals surface area contributed by atoms with E-state index < -0.39 is 16.7 Å². The molecule has 1 rings (SSSR count). The predicted molar refractivity (Wildman–Crippen MR) is 56.4 cm³/mol. The lowest BCUT2D eigenvalue weighted by Gasteiger charge is -2.05. The number of hydrogen-bond acceptors (Lipinski definition) is 4. The molecule has 0 saturated heterocycles. The Bertz CT molecular complexity index is 415. The Labute approximate surface area is 89.8 Å². The van der Waals surface area contributed by atoms with Gasteiger partial charge in [-0.25, -0.2) is 13.2 Å². The maximum atomic E-state index is 11.4. The molecule has 0 aliphatic rings. The lowest BCUT2D eigenvalue weighted by Crippen LogP contribution is -2.08. The number of esters is 1. The second-order valence-corrected chi connectivity index (χ2v) is 3.85. The quantitative estimate of drug-likeness (QED) is 0.616. The van der Waals surface area contributed by atoms with E-state index >= 15 is 0 Å². The molecule has 0 amide bonds. The van der Waals surface area contributed by atoms with Crippen LogP contribution in [0, 0.1) is 0 Å². The van der Waals surface area contributed by atoms with E-state index in [0.717, 1.165) is 0 Å². The Morgan fingerprint density at radius 3 is 2.60 bits per heavy atom. The first-order valence-electron chi connectivity index (χ1n) is 4.52. The maximum absolute atomic E-state index is 11.4. The molecule has 1 aromatic carbocycles. The van der Waals surface area contributed by atoms with Gasteiger partial charge in [-0.15, -0.1) is 0 Å². The van der Waals surface area contributed by atoms with Crippen molar-refractivity contribution in [2.45, 2.75) is 12.7 Å². The standard InChI is InChI=1S/C10H12O4S/c1-2-14-10(11)9-6-4-3-5-8(9)7-15(12)13/h3-6,15H,2,7H2,1H3. The van der Waals surface area contributed by atoms with Gasteiger partial charge in [-0.1, -0.05) is 18.2 Å². The third-order valence-electron chi connectivity index (χ3n) is 1.81. The number of ether oxygens (including phenoxy) is 1. The van der Waals surface area contributed by atoms with Gasteiger partial charge in [0.2, 0.25) is 0 Å². The van der Waals surface area contributed by atoms with E-state index in [4.69, 9.17) is 4.74 Å². The summed E-state index contributed by atoms with van der Waals surface area (Å²) >= 11 is 0. The van der Waals surface area contributed by atoms with Crippen molar-refractivity contribution < 1.29 is 17.9 Å². The van der Waals surface area contributed by atoms with Crippen LogP contribution in [0.15, 0.2) is 24.3 Å². The van der Waals surface area contributed by atoms with Crippen LogP contribution in [0.1, 0.15) is 22.8 Å². The Morgan fingerprint density at radius 1 is 1.33 bits per heavy atom. The van der Waals surface area contributed by atoms with Crippen molar-refractivity contribution in [2.75, 3.05) is 6.61 Å². The van der Waals surface area contributed by atoms with Gasteiger partial charge in [0.15, 0.2) is 0 Å². The summed E-state index contributed by atoms with van der Waals surface area (Å²) < 4.78 is 26.0. The molecule has 4 nitrogen and oxygen atoms in total. The molecule has 0 spiro atoms. The summed E-state index contributed by atoms with van der Waals surface area (Å²) in [4.78, 5) is 11.4. The van der Waals surface area contributed by atoms with Gasteiger partial charge in [0.05, 0.1) is 17.9 Å². The van der Waals surface area contributed by atoms with E-state index in [0.29, 0.717) is 11.1 Å². The van der Waals surface area contributed by atoms with Crippen molar-refractivity contribution in [3.63, 3.8) is 0 Å². The lowest BCUT2D eigenvalue weighted by molar-refractivity contribution is 0.0525. The van der Waals surface area contributed by atoms with Crippen LogP contribution >= 0.6 is 0 Å². The van der Waals surface area contributed by atoms with Crippen LogP contribution in [-0.2, 0) is 21.2 Å². The van der Waals surface area contributed by atoms with Crippen LogP contribution in [-0.4, -0.2) is 21.0 Å². The highest BCUT2D eigenvalue weighted by Gasteiger charge is 2.11. The molecule has 0 radical (unpaired) electrons. The number of carbonyl (C=O) groups excluding carboxylic acids is 1. The first-order chi connectivity index (χ1) is 7.15. The minimum atomic E-state index is -2.53. The minimum Gasteiger partial charge on any atom is -0.462 e. The largest absolute Gasteiger partial charge is 0.462 e. The molecular weight excluding hydrogens is 216 g/mol. The van der Waals surface area contributed by atoms with Gasteiger partial charge >= 0.3 is 5.97 Å². The number of benzene rings is 1. The van der Waals surface area contributed by atoms with Crippen LogP contribution in [0.3, 0.4) is 0 Å². The lowest BCUT2D eigenvalue weighted by atomic mass is 10.1. The third kappa shape index (κ3) is 3.36. The van der Waals surface area contributed by atoms with Crippen molar-refractivity contribution in [1.82, 2.24) is 0 Å². The zero-order chi connectivity index (χ0) is 11.3. The summed E-state index contributed by atoms with van der Waals surface area (Å²) in [5, 5.41) is 0. The van der Waals surface area contributed by atoms with Crippen molar-refractivity contribution in [1.29, 1.82) is 0 Å². The summed E-state index contributed by atoms with van der Waals surface area (Å²) in [5.74, 6) is -0.616. The molecule has 0 aliphatic carbocycles. The fourth-order valence-corrected chi connectivity index (χ4v) is 1.76. The number of carbonyl (C=O) groups is 1. The second-order valence-electron chi connectivity index (χ2n) is 2.87. The Balaban J connectivity index is 3.00. The van der Waals surface area contributed by atoms with Crippen LogP contribution < -0.4 is 0 Å². The smallest absolute Gasteiger partial charge is 0.338 e. The summed E-state index contributed by atoms with van der Waals surface area (Å²) in [6.07, 6.45) is 0. The van der Waals surface area contributed by atoms with Crippen LogP contribution in [0.5, 0.6) is 0 Å². The molecular formula is C10H12O4S. The van der Waals surface area contributed by atoms with E-state index in [9.17, 15) is 13.2 Å². The van der Waals surface area contributed by atoms with Crippen molar-refractivity contribution in [3.8, 4) is 0 Å². The zero-order valence-corrected chi connectivity index (χ0v) is 9.20. The monoisotopic (exact) mass is 228 g/mol. The Kier molecular flexibility index (Phi) is 4.30. The summed E-state index contributed by atoms with van der Waals surface area (Å²) in [6.45, 7) is 1.98. The van der Waals surface area contributed by atoms with Crippen LogP contribution in [0.4, 0.5) is 0 Å². The Hall–Kier alpha value is -1.36. The van der Waals surface area contributed by atoms with E-state index in [1.54, 1.807) is 31.2 Å². The zero-order valence-electron chi connectivity index (χ0n) is 8.30. The molecule has 0 fully saturated rings. The van der Waals surface area contributed by atoms with E-state index in [1.165, 1.54) is 0 Å². The third-order valence-corrected chi connectivity index (χ3v) is 2.41. The second kappa shape index (κ2) is 5.50. The average Bonchev–Trinajstić information content (AvgIpc) is 2.18. The van der Waals surface area contributed by atoms with Crippen molar-refractivity contribution >= 4 is 16.7 Å². The molecule has 0 atom stereocenters. The van der Waals surface area contributed by atoms with E-state index in [1.807, 2.05) is 0 Å². The molecule has 0 bridgehead atoms. The molecule has 0 unspecified atom stereocenters. The van der Waals surface area contributed by atoms with Crippen molar-refractivity contribution in [2.24, 2.45) is 0 Å². The van der Waals surface area contributed by atoms with Gasteiger partial charge < -0.3 is 4.74 Å². The van der Waals surface area contributed by atoms with Crippen LogP contribution in [0.2, 0.25) is 0 Å². The highest BCUT2D eigenvalue weighted by Crippen LogP contribution is 2.11. The molecule has 1 aromatic rings. The van der Waals surface area contributed by atoms with Crippen molar-refractivity contribution in [3.05, 3.63) is 35.4 Å². The molecule has 82 valence electrons. The van der Waals surface area contributed by atoms with Gasteiger partial charge in [0.25, 0.3) is 0 Å². The van der Waals surface area contributed by atoms with Gasteiger partial charge in [0.1, 0.15) is 10.7 Å². The van der Waals surface area contributed by atoms with Gasteiger partial charge in [0, 0.05) is 0 Å². The van der Waals surface area contributed by atoms with E-state index in [2.05, 4.69) is 0 Å². The SMILES string of the molecule is CCOC(=O)c1ccccc1C[SH](=O)=O. The van der Waals surface area contributed by atoms with Gasteiger partial charge in [-0.2, -0.15) is 0 Å². The normalized spacial score (nSPS) is 10.3. The highest BCUT2D eigenvalue weighted by molar-refractivity contribution is 7.71. The fraction of sp³-hybridized carbons (Fsp3) is 0.300. The fourth-order valence-electron chi connectivity index (χ4n) is 1.21. The number of thiol groups is 1. The molecule has 0 N–H and O–H groups in total. The molecule has 0 heterocycles. The summed E-state index contributed by atoms with van der Waals surface area (Å²) in [5.41, 5.74) is 0.797. The maximum Gasteiger partial charge on any atom is 0.338 e. The first kappa shape index (κ1) is 11.7. The minimum absolute atomic E-state index is 0.135. The predicted octanol–water partition coefficient (Wildman–Crippen LogP) is 0.975. The molecule has 15 heavy (non-hydrogen) atoms. The highest BCUT2D eigenvalue weighted by atomic mass is 32.2. The molecule has 0 saturated carbocycles. The average molecular weight is 228 g/mol. The Morgan fingerprint density at radius 2 is 2.00 bits per heavy atom. The first-order valence-corrected chi connectivity index (χ1v) is 5.88. The molecule has 0 aliphatic heterocycles. The summed E-state index contributed by atoms with van der Waals surface area (Å²) in [6, 6.07) is 6.54. The van der Waals surface area contributed by atoms with Crippen LogP contribution in [0.25, 0.3) is 0 Å². The van der Waals surface area contributed by atoms with E-state index in [-0.39, 0.29) is 12.4 Å². The number of hydrogen-bond donors (Lipinski definition) is 1. The number of rotatable bonds is 4. The van der Waals surface area contributed by atoms with Gasteiger partial charge in [-0.05, 0) is 18.6 Å². The molecule has 5 heteroatoms. The topological polar surface area (TPSA) is 60.4 Å². The molecule has 0 aromatic heterocycles. The van der Waals surface area contributed by atoms with Gasteiger partial charge in [-0.3, -0.25) is 0 Å².